The van der Waals surface area contributed by atoms with E-state index < -0.39 is 0 Å². The molecule has 5 fully saturated rings. The van der Waals surface area contributed by atoms with Crippen LogP contribution >= 0.6 is 15.9 Å². The highest BCUT2D eigenvalue weighted by Gasteiger charge is 2.70. The van der Waals surface area contributed by atoms with Crippen molar-refractivity contribution in [2.45, 2.75) is 82.2 Å². The van der Waals surface area contributed by atoms with Crippen LogP contribution in [0.1, 0.15) is 71.6 Å². The third-order valence-electron chi connectivity index (χ3n) is 9.36. The molecular formula is C21H33BrO2. The smallest absolute Gasteiger partial charge is 0.186 e. The monoisotopic (exact) mass is 396 g/mol. The molecule has 0 N–H and O–H groups in total. The van der Waals surface area contributed by atoms with E-state index in [1.165, 1.54) is 57.8 Å². The molecule has 24 heavy (non-hydrogen) atoms. The number of alkyl halides is 1. The first-order valence-corrected chi connectivity index (χ1v) is 11.3. The summed E-state index contributed by atoms with van der Waals surface area (Å²) in [4.78, 5) is 0.373. The first-order valence-electron chi connectivity index (χ1n) is 10.4. The Morgan fingerprint density at radius 2 is 1.67 bits per heavy atom. The summed E-state index contributed by atoms with van der Waals surface area (Å²) in [7, 11) is 0. The Morgan fingerprint density at radius 1 is 0.875 bits per heavy atom. The van der Waals surface area contributed by atoms with Crippen LogP contribution in [0.4, 0.5) is 0 Å². The van der Waals surface area contributed by atoms with Gasteiger partial charge in [-0.2, -0.15) is 0 Å². The van der Waals surface area contributed by atoms with Crippen LogP contribution in [-0.2, 0) is 9.47 Å². The molecule has 0 aromatic carbocycles. The van der Waals surface area contributed by atoms with Crippen molar-refractivity contribution >= 4 is 15.9 Å². The van der Waals surface area contributed by atoms with Crippen molar-refractivity contribution in [3.05, 3.63) is 0 Å². The fraction of sp³-hybridized carbons (Fsp3) is 1.00. The van der Waals surface area contributed by atoms with E-state index in [2.05, 4.69) is 29.8 Å². The SMILES string of the molecule is C[C@@]12CCCC[C@@H]1CC[C@H]1[C@H]3C[C@@H](Br)C4(OCCO4)[C@]3(C)CC[C@@H]12. The van der Waals surface area contributed by atoms with Gasteiger partial charge in [0.15, 0.2) is 5.79 Å². The van der Waals surface area contributed by atoms with Crippen LogP contribution in [-0.4, -0.2) is 23.8 Å². The van der Waals surface area contributed by atoms with E-state index >= 15 is 0 Å². The van der Waals surface area contributed by atoms with Gasteiger partial charge in [-0.3, -0.25) is 0 Å². The fourth-order valence-electron chi connectivity index (χ4n) is 8.16. The van der Waals surface area contributed by atoms with Gasteiger partial charge < -0.3 is 9.47 Å². The Hall–Kier alpha value is 0.400. The standard InChI is InChI=1S/C21H33BrO2/c1-19-9-4-3-5-14(19)6-7-15-16(19)8-10-20(2)17(15)13-18(22)21(20)23-11-12-24-21/h14-18H,3-13H2,1-2H3/t14-,15-,16+,17-,18-,19-,20-/m1/s1. The Labute approximate surface area is 155 Å². The quantitative estimate of drug-likeness (QED) is 0.500. The summed E-state index contributed by atoms with van der Waals surface area (Å²) in [5, 5.41) is 0. The van der Waals surface area contributed by atoms with Crippen molar-refractivity contribution in [3.63, 3.8) is 0 Å². The second-order valence-electron chi connectivity index (χ2n) is 9.93. The highest BCUT2D eigenvalue weighted by molar-refractivity contribution is 9.09. The predicted molar refractivity (Wildman–Crippen MR) is 99.1 cm³/mol. The van der Waals surface area contributed by atoms with Crippen LogP contribution in [0.3, 0.4) is 0 Å². The molecule has 1 spiro atoms. The molecule has 3 heteroatoms. The summed E-state index contributed by atoms with van der Waals surface area (Å²) in [5.41, 5.74) is 0.828. The minimum Gasteiger partial charge on any atom is -0.346 e. The van der Waals surface area contributed by atoms with Crippen LogP contribution in [0.15, 0.2) is 0 Å². The largest absolute Gasteiger partial charge is 0.346 e. The Kier molecular flexibility index (Phi) is 3.76. The molecule has 1 heterocycles. The van der Waals surface area contributed by atoms with Gasteiger partial charge in [-0.15, -0.1) is 0 Å². The number of hydrogen-bond acceptors (Lipinski definition) is 2. The zero-order chi connectivity index (χ0) is 16.6. The summed E-state index contributed by atoms with van der Waals surface area (Å²) >= 11 is 4.00. The number of halogens is 1. The molecule has 1 saturated heterocycles. The van der Waals surface area contributed by atoms with Gasteiger partial charge in [-0.1, -0.05) is 42.6 Å². The maximum Gasteiger partial charge on any atom is 0.186 e. The molecule has 136 valence electrons. The van der Waals surface area contributed by atoms with Gasteiger partial charge in [0.25, 0.3) is 0 Å². The molecule has 2 nitrogen and oxygen atoms in total. The third-order valence-corrected chi connectivity index (χ3v) is 10.3. The molecule has 0 bridgehead atoms. The van der Waals surface area contributed by atoms with Gasteiger partial charge in [0.1, 0.15) is 0 Å². The third kappa shape index (κ3) is 1.90. The first-order chi connectivity index (χ1) is 11.5. The Balaban J connectivity index is 1.49. The van der Waals surface area contributed by atoms with Crippen molar-refractivity contribution < 1.29 is 9.47 Å². The molecule has 1 aliphatic heterocycles. The number of hydrogen-bond donors (Lipinski definition) is 0. The summed E-state index contributed by atoms with van der Waals surface area (Å²) in [6.45, 7) is 6.71. The molecule has 4 aliphatic carbocycles. The number of fused-ring (bicyclic) bond motifs is 6. The van der Waals surface area contributed by atoms with Gasteiger partial charge in [0, 0.05) is 5.41 Å². The predicted octanol–water partition coefficient (Wildman–Crippen LogP) is 5.54. The minimum atomic E-state index is -0.340. The normalized spacial score (nSPS) is 55.9. The van der Waals surface area contributed by atoms with E-state index in [9.17, 15) is 0 Å². The molecule has 0 unspecified atom stereocenters. The van der Waals surface area contributed by atoms with Crippen LogP contribution in [0, 0.1) is 34.5 Å². The highest BCUT2D eigenvalue weighted by Crippen LogP contribution is 2.70. The molecule has 0 aromatic rings. The lowest BCUT2D eigenvalue weighted by Crippen LogP contribution is -2.57. The zero-order valence-corrected chi connectivity index (χ0v) is 16.9. The van der Waals surface area contributed by atoms with Crippen LogP contribution in [0.5, 0.6) is 0 Å². The molecule has 5 rings (SSSR count). The summed E-state index contributed by atoms with van der Waals surface area (Å²) in [6, 6.07) is 0. The fourth-order valence-corrected chi connectivity index (χ4v) is 9.35. The molecule has 7 atom stereocenters. The molecule has 0 radical (unpaired) electrons. The van der Waals surface area contributed by atoms with Gasteiger partial charge in [0.05, 0.1) is 18.0 Å². The number of rotatable bonds is 0. The molecule has 5 aliphatic rings. The lowest BCUT2D eigenvalue weighted by molar-refractivity contribution is -0.244. The van der Waals surface area contributed by atoms with E-state index in [1.54, 1.807) is 0 Å². The van der Waals surface area contributed by atoms with Crippen molar-refractivity contribution in [3.8, 4) is 0 Å². The van der Waals surface area contributed by atoms with Crippen LogP contribution < -0.4 is 0 Å². The Morgan fingerprint density at radius 3 is 2.46 bits per heavy atom. The molecule has 0 amide bonds. The molecule has 4 saturated carbocycles. The maximum atomic E-state index is 6.33. The van der Waals surface area contributed by atoms with E-state index in [4.69, 9.17) is 9.47 Å². The van der Waals surface area contributed by atoms with Gasteiger partial charge in [-0.05, 0) is 74.0 Å². The van der Waals surface area contributed by atoms with E-state index in [0.29, 0.717) is 10.2 Å². The van der Waals surface area contributed by atoms with Gasteiger partial charge in [0.2, 0.25) is 0 Å². The Bertz CT molecular complexity index is 516. The van der Waals surface area contributed by atoms with E-state index in [-0.39, 0.29) is 11.2 Å². The minimum absolute atomic E-state index is 0.205. The summed E-state index contributed by atoms with van der Waals surface area (Å²) in [6.07, 6.45) is 12.8. The second-order valence-corrected chi connectivity index (χ2v) is 11.0. The lowest BCUT2D eigenvalue weighted by atomic mass is 9.45. The van der Waals surface area contributed by atoms with Gasteiger partial charge in [-0.25, -0.2) is 0 Å². The average molecular weight is 397 g/mol. The highest BCUT2D eigenvalue weighted by atomic mass is 79.9. The van der Waals surface area contributed by atoms with Crippen molar-refractivity contribution in [1.29, 1.82) is 0 Å². The number of ether oxygens (including phenoxy) is 2. The first kappa shape index (κ1) is 16.6. The lowest BCUT2D eigenvalue weighted by Gasteiger charge is -2.61. The van der Waals surface area contributed by atoms with E-state index in [0.717, 1.165) is 36.9 Å². The molecule has 0 aromatic heterocycles. The van der Waals surface area contributed by atoms with Crippen LogP contribution in [0.25, 0.3) is 0 Å². The average Bonchev–Trinajstić information content (AvgIpc) is 3.15. The van der Waals surface area contributed by atoms with Crippen LogP contribution in [0.2, 0.25) is 0 Å². The zero-order valence-electron chi connectivity index (χ0n) is 15.4. The summed E-state index contributed by atoms with van der Waals surface area (Å²) in [5.74, 6) is 3.29. The van der Waals surface area contributed by atoms with Crippen molar-refractivity contribution in [2.75, 3.05) is 13.2 Å². The molecular weight excluding hydrogens is 364 g/mol. The van der Waals surface area contributed by atoms with E-state index in [1.807, 2.05) is 0 Å². The maximum absolute atomic E-state index is 6.33. The summed E-state index contributed by atoms with van der Waals surface area (Å²) < 4.78 is 12.7. The second kappa shape index (κ2) is 5.45. The topological polar surface area (TPSA) is 18.5 Å². The van der Waals surface area contributed by atoms with Crippen molar-refractivity contribution in [1.82, 2.24) is 0 Å². The van der Waals surface area contributed by atoms with Crippen molar-refractivity contribution in [2.24, 2.45) is 34.5 Å². The van der Waals surface area contributed by atoms with Gasteiger partial charge >= 0.3 is 0 Å².